The van der Waals surface area contributed by atoms with Gasteiger partial charge in [-0.1, -0.05) is 66.7 Å². The Hall–Kier alpha value is -0.0800. The summed E-state index contributed by atoms with van der Waals surface area (Å²) in [6.45, 7) is 15.5. The van der Waals surface area contributed by atoms with Crippen molar-refractivity contribution < 1.29 is 0 Å². The fourth-order valence-electron chi connectivity index (χ4n) is 3.73. The van der Waals surface area contributed by atoms with Gasteiger partial charge in [-0.3, -0.25) is 4.90 Å². The first-order chi connectivity index (χ1) is 10.1. The maximum atomic E-state index is 3.90. The second-order valence-corrected chi connectivity index (χ2v) is 7.21. The third-order valence-electron chi connectivity index (χ3n) is 5.86. The second kappa shape index (κ2) is 9.84. The van der Waals surface area contributed by atoms with Crippen LogP contribution in [0.25, 0.3) is 0 Å². The van der Waals surface area contributed by atoms with Crippen LogP contribution in [0.2, 0.25) is 0 Å². The van der Waals surface area contributed by atoms with Crippen molar-refractivity contribution in [3.05, 3.63) is 0 Å². The molecule has 0 aromatic heterocycles. The van der Waals surface area contributed by atoms with Crippen LogP contribution in [-0.2, 0) is 0 Å². The Balaban J connectivity index is 2.56. The first-order valence-electron chi connectivity index (χ1n) is 9.61. The summed E-state index contributed by atoms with van der Waals surface area (Å²) in [5.41, 5.74) is 0.368. The highest BCUT2D eigenvalue weighted by atomic mass is 15.3. The van der Waals surface area contributed by atoms with Crippen molar-refractivity contribution in [3.8, 4) is 0 Å². The van der Waals surface area contributed by atoms with Gasteiger partial charge >= 0.3 is 0 Å². The van der Waals surface area contributed by atoms with Gasteiger partial charge in [0, 0.05) is 24.7 Å². The van der Waals surface area contributed by atoms with Gasteiger partial charge < -0.3 is 5.32 Å². The van der Waals surface area contributed by atoms with Gasteiger partial charge in [0.1, 0.15) is 0 Å². The first kappa shape index (κ1) is 19.0. The molecule has 21 heavy (non-hydrogen) atoms. The average Bonchev–Trinajstić information content (AvgIpc) is 2.53. The van der Waals surface area contributed by atoms with Crippen LogP contribution in [0.3, 0.4) is 0 Å². The van der Waals surface area contributed by atoms with E-state index >= 15 is 0 Å². The third-order valence-corrected chi connectivity index (χ3v) is 5.86. The van der Waals surface area contributed by atoms with Crippen molar-refractivity contribution in [2.45, 2.75) is 97.6 Å². The molecule has 2 heteroatoms. The SMILES string of the molecule is CCCCCCCN1CC(CC)(CC)NCC1C(C)CC. The van der Waals surface area contributed by atoms with E-state index in [1.54, 1.807) is 0 Å². The molecule has 0 bridgehead atoms. The largest absolute Gasteiger partial charge is 0.308 e. The Labute approximate surface area is 134 Å². The lowest BCUT2D eigenvalue weighted by molar-refractivity contribution is 0.0443. The van der Waals surface area contributed by atoms with Gasteiger partial charge in [-0.25, -0.2) is 0 Å². The van der Waals surface area contributed by atoms with Crippen LogP contribution in [0.4, 0.5) is 0 Å². The predicted molar refractivity (Wildman–Crippen MR) is 94.9 cm³/mol. The van der Waals surface area contributed by atoms with Gasteiger partial charge in [0.15, 0.2) is 0 Å². The van der Waals surface area contributed by atoms with E-state index in [1.165, 1.54) is 71.0 Å². The molecule has 0 spiro atoms. The minimum atomic E-state index is 0.368. The van der Waals surface area contributed by atoms with Crippen molar-refractivity contribution in [2.75, 3.05) is 19.6 Å². The summed E-state index contributed by atoms with van der Waals surface area (Å²) in [5.74, 6) is 0.805. The van der Waals surface area contributed by atoms with E-state index in [0.717, 1.165) is 12.0 Å². The number of hydrogen-bond donors (Lipinski definition) is 1. The lowest BCUT2D eigenvalue weighted by Gasteiger charge is -2.49. The fourth-order valence-corrected chi connectivity index (χ4v) is 3.73. The Morgan fingerprint density at radius 3 is 2.29 bits per heavy atom. The molecule has 1 aliphatic rings. The standard InChI is InChI=1S/C19H40N2/c1-6-10-11-12-13-14-21-16-19(8-3,9-4)20-15-18(21)17(5)7-2/h17-18,20H,6-16H2,1-5H3. The van der Waals surface area contributed by atoms with Gasteiger partial charge in [0.05, 0.1) is 0 Å². The van der Waals surface area contributed by atoms with Gasteiger partial charge in [-0.05, 0) is 31.7 Å². The van der Waals surface area contributed by atoms with Crippen molar-refractivity contribution in [2.24, 2.45) is 5.92 Å². The lowest BCUT2D eigenvalue weighted by atomic mass is 9.85. The molecule has 126 valence electrons. The van der Waals surface area contributed by atoms with Crippen molar-refractivity contribution in [1.29, 1.82) is 0 Å². The Kier molecular flexibility index (Phi) is 8.89. The number of unbranched alkanes of at least 4 members (excludes halogenated alkanes) is 4. The fraction of sp³-hybridized carbons (Fsp3) is 1.00. The quantitative estimate of drug-likeness (QED) is 0.581. The highest BCUT2D eigenvalue weighted by Crippen LogP contribution is 2.27. The molecule has 1 rings (SSSR count). The average molecular weight is 297 g/mol. The Morgan fingerprint density at radius 2 is 1.71 bits per heavy atom. The van der Waals surface area contributed by atoms with E-state index in [1.807, 2.05) is 0 Å². The summed E-state index contributed by atoms with van der Waals surface area (Å²) >= 11 is 0. The molecule has 2 nitrogen and oxygen atoms in total. The molecule has 0 aliphatic carbocycles. The number of piperazine rings is 1. The third kappa shape index (κ3) is 5.56. The molecule has 1 heterocycles. The molecule has 1 fully saturated rings. The molecule has 0 radical (unpaired) electrons. The monoisotopic (exact) mass is 296 g/mol. The summed E-state index contributed by atoms with van der Waals surface area (Å²) in [4.78, 5) is 2.82. The second-order valence-electron chi connectivity index (χ2n) is 7.21. The number of nitrogens with zero attached hydrogens (tertiary/aromatic N) is 1. The van der Waals surface area contributed by atoms with Crippen LogP contribution >= 0.6 is 0 Å². The van der Waals surface area contributed by atoms with Crippen LogP contribution in [0.1, 0.15) is 86.0 Å². The summed E-state index contributed by atoms with van der Waals surface area (Å²) in [6.07, 6.45) is 10.8. The van der Waals surface area contributed by atoms with Crippen molar-refractivity contribution in [1.82, 2.24) is 10.2 Å². The maximum Gasteiger partial charge on any atom is 0.0304 e. The van der Waals surface area contributed by atoms with E-state index in [4.69, 9.17) is 0 Å². The van der Waals surface area contributed by atoms with Crippen LogP contribution < -0.4 is 5.32 Å². The topological polar surface area (TPSA) is 15.3 Å². The zero-order chi connectivity index (χ0) is 15.7. The molecule has 1 saturated heterocycles. The molecular weight excluding hydrogens is 256 g/mol. The van der Waals surface area contributed by atoms with E-state index in [-0.39, 0.29) is 0 Å². The van der Waals surface area contributed by atoms with E-state index < -0.39 is 0 Å². The minimum absolute atomic E-state index is 0.368. The van der Waals surface area contributed by atoms with Gasteiger partial charge in [-0.2, -0.15) is 0 Å². The Bertz CT molecular complexity index is 260. The predicted octanol–water partition coefficient (Wildman–Crippen LogP) is 4.84. The molecule has 1 N–H and O–H groups in total. The van der Waals surface area contributed by atoms with E-state index in [9.17, 15) is 0 Å². The maximum absolute atomic E-state index is 3.90. The van der Waals surface area contributed by atoms with Crippen molar-refractivity contribution >= 4 is 0 Å². The molecular formula is C19H40N2. The number of nitrogens with one attached hydrogen (secondary N) is 1. The van der Waals surface area contributed by atoms with E-state index in [2.05, 4.69) is 44.8 Å². The zero-order valence-electron chi connectivity index (χ0n) is 15.4. The summed E-state index contributed by atoms with van der Waals surface area (Å²) in [5, 5.41) is 3.90. The molecule has 2 atom stereocenters. The van der Waals surface area contributed by atoms with Crippen LogP contribution in [0.15, 0.2) is 0 Å². The molecule has 1 aliphatic heterocycles. The molecule has 0 saturated carbocycles. The lowest BCUT2D eigenvalue weighted by Crippen LogP contribution is -2.65. The minimum Gasteiger partial charge on any atom is -0.308 e. The smallest absolute Gasteiger partial charge is 0.0304 e. The summed E-state index contributed by atoms with van der Waals surface area (Å²) in [7, 11) is 0. The van der Waals surface area contributed by atoms with Gasteiger partial charge in [0.2, 0.25) is 0 Å². The first-order valence-corrected chi connectivity index (χ1v) is 9.61. The number of hydrogen-bond acceptors (Lipinski definition) is 2. The van der Waals surface area contributed by atoms with Gasteiger partial charge in [-0.15, -0.1) is 0 Å². The van der Waals surface area contributed by atoms with Crippen molar-refractivity contribution in [3.63, 3.8) is 0 Å². The number of rotatable bonds is 10. The Morgan fingerprint density at radius 1 is 1.05 bits per heavy atom. The highest BCUT2D eigenvalue weighted by molar-refractivity contribution is 4.97. The molecule has 2 unspecified atom stereocenters. The zero-order valence-corrected chi connectivity index (χ0v) is 15.4. The van der Waals surface area contributed by atoms with E-state index in [0.29, 0.717) is 5.54 Å². The molecule has 0 aromatic carbocycles. The summed E-state index contributed by atoms with van der Waals surface area (Å²) < 4.78 is 0. The van der Waals surface area contributed by atoms with Gasteiger partial charge in [0.25, 0.3) is 0 Å². The molecule has 0 amide bonds. The summed E-state index contributed by atoms with van der Waals surface area (Å²) in [6, 6.07) is 0.743. The van der Waals surface area contributed by atoms with Crippen LogP contribution in [-0.4, -0.2) is 36.1 Å². The normalized spacial score (nSPS) is 24.1. The highest BCUT2D eigenvalue weighted by Gasteiger charge is 2.37. The van der Waals surface area contributed by atoms with Crippen LogP contribution in [0, 0.1) is 5.92 Å². The molecule has 0 aromatic rings. The van der Waals surface area contributed by atoms with Crippen LogP contribution in [0.5, 0.6) is 0 Å².